The van der Waals surface area contributed by atoms with E-state index in [2.05, 4.69) is 58.9 Å². The molecule has 0 amide bonds. The van der Waals surface area contributed by atoms with Gasteiger partial charge >= 0.3 is 0 Å². The number of hydrogen-bond acceptors (Lipinski definition) is 1. The largest absolute Gasteiger partial charge is 0.297 e. The molecule has 1 nitrogen and oxygen atoms in total. The summed E-state index contributed by atoms with van der Waals surface area (Å²) in [7, 11) is 0. The van der Waals surface area contributed by atoms with Crippen molar-refractivity contribution in [1.82, 2.24) is 4.90 Å². The smallest absolute Gasteiger partial charge is 0.0320 e. The van der Waals surface area contributed by atoms with Crippen LogP contribution in [-0.2, 0) is 0 Å². The number of likely N-dealkylation sites (tertiary alicyclic amines) is 1. The van der Waals surface area contributed by atoms with Gasteiger partial charge < -0.3 is 0 Å². The fourth-order valence-corrected chi connectivity index (χ4v) is 2.81. The standard InChI is InChI=1S/C14H20BrN/c1-11-6-8-16(9-7-11)12(2)13-4-3-5-14(15)10-13/h3-5,10-12H,6-9H2,1-2H3. The second-order valence-electron chi connectivity index (χ2n) is 4.95. The lowest BCUT2D eigenvalue weighted by Gasteiger charge is -2.35. The zero-order valence-corrected chi connectivity index (χ0v) is 11.7. The molecule has 1 atom stereocenters. The minimum Gasteiger partial charge on any atom is -0.297 e. The monoisotopic (exact) mass is 281 g/mol. The average molecular weight is 282 g/mol. The molecule has 0 aliphatic carbocycles. The average Bonchev–Trinajstić information content (AvgIpc) is 2.29. The van der Waals surface area contributed by atoms with E-state index in [4.69, 9.17) is 0 Å². The molecule has 0 saturated carbocycles. The lowest BCUT2D eigenvalue weighted by molar-refractivity contribution is 0.147. The molecule has 1 aromatic carbocycles. The van der Waals surface area contributed by atoms with Crippen molar-refractivity contribution in [2.75, 3.05) is 13.1 Å². The maximum atomic E-state index is 3.55. The third-order valence-corrected chi connectivity index (χ3v) is 4.19. The van der Waals surface area contributed by atoms with Gasteiger partial charge in [0.15, 0.2) is 0 Å². The first-order valence-corrected chi connectivity index (χ1v) is 6.95. The van der Waals surface area contributed by atoms with Crippen LogP contribution in [0, 0.1) is 5.92 Å². The predicted octanol–water partition coefficient (Wildman–Crippen LogP) is 4.24. The van der Waals surface area contributed by atoms with Crippen LogP contribution < -0.4 is 0 Å². The zero-order chi connectivity index (χ0) is 11.5. The molecule has 2 rings (SSSR count). The highest BCUT2D eigenvalue weighted by Gasteiger charge is 2.21. The van der Waals surface area contributed by atoms with Crippen molar-refractivity contribution in [2.45, 2.75) is 32.7 Å². The Balaban J connectivity index is 2.04. The van der Waals surface area contributed by atoms with Gasteiger partial charge in [-0.15, -0.1) is 0 Å². The third kappa shape index (κ3) is 2.86. The van der Waals surface area contributed by atoms with Crippen molar-refractivity contribution < 1.29 is 0 Å². The molecular weight excluding hydrogens is 262 g/mol. The Morgan fingerprint density at radius 3 is 2.62 bits per heavy atom. The normalized spacial score (nSPS) is 20.9. The molecule has 1 saturated heterocycles. The van der Waals surface area contributed by atoms with Crippen molar-refractivity contribution >= 4 is 15.9 Å². The molecular formula is C14H20BrN. The van der Waals surface area contributed by atoms with Crippen LogP contribution in [0.3, 0.4) is 0 Å². The second kappa shape index (κ2) is 5.33. The molecule has 88 valence electrons. The summed E-state index contributed by atoms with van der Waals surface area (Å²) in [4.78, 5) is 2.60. The minimum atomic E-state index is 0.546. The van der Waals surface area contributed by atoms with Crippen molar-refractivity contribution in [3.05, 3.63) is 34.3 Å². The van der Waals surface area contributed by atoms with Gasteiger partial charge in [0.05, 0.1) is 0 Å². The Kier molecular flexibility index (Phi) is 4.04. The summed E-state index contributed by atoms with van der Waals surface area (Å²) in [5, 5.41) is 0. The Bertz CT molecular complexity index is 342. The van der Waals surface area contributed by atoms with Gasteiger partial charge in [0.2, 0.25) is 0 Å². The topological polar surface area (TPSA) is 3.24 Å². The van der Waals surface area contributed by atoms with Crippen molar-refractivity contribution in [1.29, 1.82) is 0 Å². The predicted molar refractivity (Wildman–Crippen MR) is 72.5 cm³/mol. The second-order valence-corrected chi connectivity index (χ2v) is 5.87. The van der Waals surface area contributed by atoms with E-state index in [1.165, 1.54) is 36.0 Å². The first kappa shape index (κ1) is 12.1. The summed E-state index contributed by atoms with van der Waals surface area (Å²) in [6.45, 7) is 7.17. The van der Waals surface area contributed by atoms with E-state index in [0.29, 0.717) is 6.04 Å². The Hall–Kier alpha value is -0.340. The number of benzene rings is 1. The maximum absolute atomic E-state index is 3.55. The van der Waals surface area contributed by atoms with Crippen LogP contribution in [0.1, 0.15) is 38.3 Å². The highest BCUT2D eigenvalue weighted by Crippen LogP contribution is 2.27. The van der Waals surface area contributed by atoms with Crippen LogP contribution in [0.2, 0.25) is 0 Å². The molecule has 0 N–H and O–H groups in total. The lowest BCUT2D eigenvalue weighted by Crippen LogP contribution is -2.34. The molecule has 0 radical (unpaired) electrons. The van der Waals surface area contributed by atoms with Crippen molar-refractivity contribution in [3.63, 3.8) is 0 Å². The van der Waals surface area contributed by atoms with Crippen LogP contribution in [0.15, 0.2) is 28.7 Å². The molecule has 16 heavy (non-hydrogen) atoms. The van der Waals surface area contributed by atoms with Crippen LogP contribution in [-0.4, -0.2) is 18.0 Å². The zero-order valence-electron chi connectivity index (χ0n) is 10.1. The summed E-state index contributed by atoms with van der Waals surface area (Å²) in [5.41, 5.74) is 1.42. The fraction of sp³-hybridized carbons (Fsp3) is 0.571. The Morgan fingerprint density at radius 1 is 1.31 bits per heavy atom. The molecule has 1 heterocycles. The Labute approximate surface area is 107 Å². The van der Waals surface area contributed by atoms with Gasteiger partial charge in [-0.25, -0.2) is 0 Å². The van der Waals surface area contributed by atoms with Gasteiger partial charge in [-0.2, -0.15) is 0 Å². The minimum absolute atomic E-state index is 0.546. The van der Waals surface area contributed by atoms with E-state index in [-0.39, 0.29) is 0 Å². The number of rotatable bonds is 2. The molecule has 1 aliphatic heterocycles. The van der Waals surface area contributed by atoms with Crippen LogP contribution in [0.25, 0.3) is 0 Å². The van der Waals surface area contributed by atoms with Crippen molar-refractivity contribution in [2.24, 2.45) is 5.92 Å². The molecule has 1 fully saturated rings. The molecule has 0 bridgehead atoms. The van der Waals surface area contributed by atoms with Gasteiger partial charge in [-0.05, 0) is 56.5 Å². The van der Waals surface area contributed by atoms with Crippen LogP contribution in [0.5, 0.6) is 0 Å². The van der Waals surface area contributed by atoms with Crippen molar-refractivity contribution in [3.8, 4) is 0 Å². The molecule has 1 aliphatic rings. The van der Waals surface area contributed by atoms with Crippen LogP contribution in [0.4, 0.5) is 0 Å². The first-order chi connectivity index (χ1) is 7.66. The summed E-state index contributed by atoms with van der Waals surface area (Å²) in [6.07, 6.45) is 2.69. The number of halogens is 1. The van der Waals surface area contributed by atoms with Gasteiger partial charge in [0.25, 0.3) is 0 Å². The number of piperidine rings is 1. The lowest BCUT2D eigenvalue weighted by atomic mass is 9.96. The van der Waals surface area contributed by atoms with E-state index in [1.807, 2.05) is 0 Å². The highest BCUT2D eigenvalue weighted by atomic mass is 79.9. The van der Waals surface area contributed by atoms with Gasteiger partial charge in [-0.1, -0.05) is 35.0 Å². The summed E-state index contributed by atoms with van der Waals surface area (Å²) in [5.74, 6) is 0.908. The van der Waals surface area contributed by atoms with E-state index >= 15 is 0 Å². The summed E-state index contributed by atoms with van der Waals surface area (Å²) >= 11 is 3.55. The SMILES string of the molecule is CC1CCN(C(C)c2cccc(Br)c2)CC1. The number of hydrogen-bond donors (Lipinski definition) is 0. The summed E-state index contributed by atoms with van der Waals surface area (Å²) in [6, 6.07) is 9.23. The molecule has 1 unspecified atom stereocenters. The number of nitrogens with zero attached hydrogens (tertiary/aromatic N) is 1. The third-order valence-electron chi connectivity index (χ3n) is 3.70. The quantitative estimate of drug-likeness (QED) is 0.784. The van der Waals surface area contributed by atoms with E-state index in [9.17, 15) is 0 Å². The molecule has 0 aromatic heterocycles. The maximum Gasteiger partial charge on any atom is 0.0320 e. The fourth-order valence-electron chi connectivity index (χ4n) is 2.39. The van der Waals surface area contributed by atoms with Crippen LogP contribution >= 0.6 is 15.9 Å². The molecule has 2 heteroatoms. The first-order valence-electron chi connectivity index (χ1n) is 6.16. The van der Waals surface area contributed by atoms with Gasteiger partial charge in [0, 0.05) is 10.5 Å². The van der Waals surface area contributed by atoms with Gasteiger partial charge in [0.1, 0.15) is 0 Å². The van der Waals surface area contributed by atoms with Gasteiger partial charge in [-0.3, -0.25) is 4.90 Å². The molecule has 0 spiro atoms. The summed E-state index contributed by atoms with van der Waals surface area (Å²) < 4.78 is 1.18. The molecule has 1 aromatic rings. The van der Waals surface area contributed by atoms with E-state index < -0.39 is 0 Å². The van der Waals surface area contributed by atoms with E-state index in [0.717, 1.165) is 5.92 Å². The van der Waals surface area contributed by atoms with E-state index in [1.54, 1.807) is 0 Å². The Morgan fingerprint density at radius 2 is 2.00 bits per heavy atom. The highest BCUT2D eigenvalue weighted by molar-refractivity contribution is 9.10.